The number of nitrogens with zero attached hydrogens (tertiary/aromatic N) is 2. The highest BCUT2D eigenvalue weighted by molar-refractivity contribution is 6.03. The van der Waals surface area contributed by atoms with E-state index in [-0.39, 0.29) is 5.78 Å². The number of para-hydroxylation sites is 2. The van der Waals surface area contributed by atoms with Crippen molar-refractivity contribution >= 4 is 22.9 Å². The van der Waals surface area contributed by atoms with Crippen LogP contribution in [0, 0.1) is 0 Å². The molecule has 3 heteroatoms. The Morgan fingerprint density at radius 3 is 2.41 bits per heavy atom. The second kappa shape index (κ2) is 6.59. The number of carbonyl (C=O) groups excluding carboxylic acids is 1. The van der Waals surface area contributed by atoms with Crippen LogP contribution in [-0.4, -0.2) is 15.8 Å². The van der Waals surface area contributed by atoms with Crippen LogP contribution in [0.3, 0.4) is 0 Å². The molecular weight excluding hydrogens is 272 g/mol. The molecule has 0 aliphatic heterocycles. The number of aromatic nitrogens is 2. The van der Waals surface area contributed by atoms with E-state index in [0.717, 1.165) is 16.6 Å². The molecule has 0 saturated heterocycles. The van der Waals surface area contributed by atoms with Crippen LogP contribution in [0.2, 0.25) is 0 Å². The zero-order chi connectivity index (χ0) is 15.2. The predicted octanol–water partition coefficient (Wildman–Crippen LogP) is 4.08. The van der Waals surface area contributed by atoms with Crippen LogP contribution < -0.4 is 0 Å². The molecule has 2 aromatic carbocycles. The summed E-state index contributed by atoms with van der Waals surface area (Å²) in [6, 6.07) is 17.4. The fourth-order valence-corrected chi connectivity index (χ4v) is 2.04. The maximum absolute atomic E-state index is 12.1. The van der Waals surface area contributed by atoms with Crippen molar-refractivity contribution in [3.05, 3.63) is 90.3 Å². The molecule has 0 N–H and O–H groups in total. The minimum atomic E-state index is -0.157. The Morgan fingerprint density at radius 2 is 1.59 bits per heavy atom. The molecule has 3 rings (SSSR count). The summed E-state index contributed by atoms with van der Waals surface area (Å²) in [5.74, 6) is -0.157. The third-order valence-corrected chi connectivity index (χ3v) is 3.15. The third-order valence-electron chi connectivity index (χ3n) is 3.15. The summed E-state index contributed by atoms with van der Waals surface area (Å²) in [5.41, 5.74) is 2.95. The van der Waals surface area contributed by atoms with E-state index < -0.39 is 0 Å². The Hall–Kier alpha value is -3.07. The van der Waals surface area contributed by atoms with E-state index in [0.29, 0.717) is 5.69 Å². The van der Waals surface area contributed by atoms with Gasteiger partial charge in [-0.15, -0.1) is 0 Å². The van der Waals surface area contributed by atoms with Crippen molar-refractivity contribution in [1.82, 2.24) is 9.97 Å². The number of hydrogen-bond acceptors (Lipinski definition) is 3. The lowest BCUT2D eigenvalue weighted by atomic mass is 10.2. The predicted molar refractivity (Wildman–Crippen MR) is 88.5 cm³/mol. The molecule has 0 fully saturated rings. The van der Waals surface area contributed by atoms with Crippen molar-refractivity contribution < 1.29 is 4.79 Å². The van der Waals surface area contributed by atoms with Crippen LogP contribution in [0.25, 0.3) is 17.1 Å². The second-order valence-electron chi connectivity index (χ2n) is 4.74. The highest BCUT2D eigenvalue weighted by atomic mass is 16.1. The lowest BCUT2D eigenvalue weighted by Crippen LogP contribution is -1.99. The summed E-state index contributed by atoms with van der Waals surface area (Å²) < 4.78 is 0. The maximum atomic E-state index is 12.1. The van der Waals surface area contributed by atoms with Gasteiger partial charge in [-0.25, -0.2) is 4.98 Å². The second-order valence-corrected chi connectivity index (χ2v) is 4.74. The molecule has 0 radical (unpaired) electrons. The molecule has 0 spiro atoms. The average molecular weight is 286 g/mol. The third kappa shape index (κ3) is 3.33. The fraction of sp³-hybridized carbons (Fsp3) is 0. The number of carbonyl (C=O) groups is 1. The zero-order valence-corrected chi connectivity index (χ0v) is 11.9. The van der Waals surface area contributed by atoms with Crippen LogP contribution in [0.4, 0.5) is 0 Å². The molecule has 1 aromatic heterocycles. The molecule has 0 aliphatic carbocycles. The van der Waals surface area contributed by atoms with Crippen molar-refractivity contribution in [2.75, 3.05) is 0 Å². The maximum Gasteiger partial charge on any atom is 0.205 e. The van der Waals surface area contributed by atoms with E-state index in [4.69, 9.17) is 0 Å². The van der Waals surface area contributed by atoms with Gasteiger partial charge in [0.2, 0.25) is 5.78 Å². The highest BCUT2D eigenvalue weighted by Gasteiger charge is 2.05. The van der Waals surface area contributed by atoms with E-state index in [1.54, 1.807) is 6.08 Å². The van der Waals surface area contributed by atoms with Crippen LogP contribution in [0.15, 0.2) is 79.0 Å². The first-order chi connectivity index (χ1) is 10.8. The first-order valence-electron chi connectivity index (χ1n) is 6.99. The Labute approximate surface area is 128 Å². The summed E-state index contributed by atoms with van der Waals surface area (Å²) in [7, 11) is 0. The van der Waals surface area contributed by atoms with Crippen LogP contribution >= 0.6 is 0 Å². The van der Waals surface area contributed by atoms with E-state index in [9.17, 15) is 4.79 Å². The normalized spacial score (nSPS) is 11.5. The number of rotatable bonds is 4. The number of fused-ring (bicyclic) bond motifs is 1. The minimum absolute atomic E-state index is 0.157. The van der Waals surface area contributed by atoms with Gasteiger partial charge in [0, 0.05) is 0 Å². The highest BCUT2D eigenvalue weighted by Crippen LogP contribution is 2.09. The Balaban J connectivity index is 1.73. The molecule has 0 aliphatic rings. The van der Waals surface area contributed by atoms with E-state index >= 15 is 0 Å². The molecule has 3 nitrogen and oxygen atoms in total. The monoisotopic (exact) mass is 286 g/mol. The van der Waals surface area contributed by atoms with Gasteiger partial charge < -0.3 is 0 Å². The topological polar surface area (TPSA) is 42.9 Å². The van der Waals surface area contributed by atoms with Crippen molar-refractivity contribution in [1.29, 1.82) is 0 Å². The van der Waals surface area contributed by atoms with Gasteiger partial charge in [-0.05, 0) is 23.8 Å². The van der Waals surface area contributed by atoms with Crippen molar-refractivity contribution in [2.45, 2.75) is 0 Å². The molecular formula is C19H14N2O. The summed E-state index contributed by atoms with van der Waals surface area (Å²) >= 11 is 0. The van der Waals surface area contributed by atoms with Gasteiger partial charge in [0.1, 0.15) is 5.69 Å². The van der Waals surface area contributed by atoms with Gasteiger partial charge in [0.05, 0.1) is 17.2 Å². The van der Waals surface area contributed by atoms with Gasteiger partial charge in [0.25, 0.3) is 0 Å². The summed E-state index contributed by atoms with van der Waals surface area (Å²) in [4.78, 5) is 20.6. The quantitative estimate of drug-likeness (QED) is 0.412. The van der Waals surface area contributed by atoms with Crippen molar-refractivity contribution in [3.8, 4) is 0 Å². The molecule has 106 valence electrons. The minimum Gasteiger partial charge on any atom is -0.287 e. The molecule has 0 amide bonds. The van der Waals surface area contributed by atoms with Crippen LogP contribution in [0.5, 0.6) is 0 Å². The number of ketones is 1. The van der Waals surface area contributed by atoms with Crippen molar-refractivity contribution in [3.63, 3.8) is 0 Å². The molecule has 0 unspecified atom stereocenters. The summed E-state index contributed by atoms with van der Waals surface area (Å²) in [5, 5.41) is 0. The average Bonchev–Trinajstić information content (AvgIpc) is 2.59. The number of hydrogen-bond donors (Lipinski definition) is 0. The Kier molecular flexibility index (Phi) is 4.16. The van der Waals surface area contributed by atoms with Gasteiger partial charge in [0.15, 0.2) is 0 Å². The first kappa shape index (κ1) is 13.9. The van der Waals surface area contributed by atoms with Crippen LogP contribution in [0.1, 0.15) is 16.1 Å². The van der Waals surface area contributed by atoms with Gasteiger partial charge in [-0.3, -0.25) is 9.78 Å². The fourth-order valence-electron chi connectivity index (χ4n) is 2.04. The smallest absolute Gasteiger partial charge is 0.205 e. The molecule has 0 atom stereocenters. The molecule has 0 bridgehead atoms. The largest absolute Gasteiger partial charge is 0.287 e. The lowest BCUT2D eigenvalue weighted by molar-refractivity contribution is 0.104. The van der Waals surface area contributed by atoms with Gasteiger partial charge in [-0.1, -0.05) is 60.7 Å². The van der Waals surface area contributed by atoms with Gasteiger partial charge >= 0.3 is 0 Å². The summed E-state index contributed by atoms with van der Waals surface area (Å²) in [6.45, 7) is 0. The molecule has 22 heavy (non-hydrogen) atoms. The Morgan fingerprint density at radius 1 is 0.864 bits per heavy atom. The van der Waals surface area contributed by atoms with Crippen molar-refractivity contribution in [2.24, 2.45) is 0 Å². The Bertz CT molecular complexity index is 851. The van der Waals surface area contributed by atoms with E-state index in [1.807, 2.05) is 66.7 Å². The molecule has 0 saturated carbocycles. The summed E-state index contributed by atoms with van der Waals surface area (Å²) in [6.07, 6.45) is 8.50. The molecule has 1 heterocycles. The zero-order valence-electron chi connectivity index (χ0n) is 11.9. The first-order valence-corrected chi connectivity index (χ1v) is 6.99. The number of benzene rings is 2. The standard InChI is InChI=1S/C19H14N2O/c22-19(13-7-4-10-15-8-2-1-3-9-15)18-14-20-16-11-5-6-12-17(16)21-18/h1-14H. The number of allylic oxidation sites excluding steroid dienone is 3. The van der Waals surface area contributed by atoms with Gasteiger partial charge in [-0.2, -0.15) is 0 Å². The van der Waals surface area contributed by atoms with E-state index in [1.165, 1.54) is 12.3 Å². The van der Waals surface area contributed by atoms with E-state index in [2.05, 4.69) is 9.97 Å². The molecule has 3 aromatic rings. The lowest BCUT2D eigenvalue weighted by Gasteiger charge is -1.98. The SMILES string of the molecule is O=C(C=CC=Cc1ccccc1)c1cnc2ccccc2n1. The van der Waals surface area contributed by atoms with Crippen LogP contribution in [-0.2, 0) is 0 Å².